The van der Waals surface area contributed by atoms with Gasteiger partial charge < -0.3 is 25.5 Å². The fourth-order valence-electron chi connectivity index (χ4n) is 2.73. The Kier molecular flexibility index (Phi) is 8.60. The molecular weight excluding hydrogens is 445 g/mol. The van der Waals surface area contributed by atoms with E-state index in [1.54, 1.807) is 50.4 Å². The first-order valence-corrected chi connectivity index (χ1v) is 10.3. The molecule has 0 atom stereocenters. The number of carbonyl (C=O) groups excluding carboxylic acids is 2. The molecule has 0 aliphatic heterocycles. The van der Waals surface area contributed by atoms with Crippen molar-refractivity contribution < 1.29 is 32.3 Å². The molecule has 0 spiro atoms. The molecule has 0 fully saturated rings. The Morgan fingerprint density at radius 3 is 2.39 bits per heavy atom. The van der Waals surface area contributed by atoms with Gasteiger partial charge in [-0.3, -0.25) is 4.79 Å². The number of aromatic nitrogens is 3. The van der Waals surface area contributed by atoms with Crippen LogP contribution in [0.5, 0.6) is 0 Å². The largest absolute Gasteiger partial charge is 0.594 e. The number of carbonyl (C=O) groups is 2. The molecule has 0 aliphatic carbocycles. The number of nitrogens with one attached hydrogen (secondary N) is 2. The lowest BCUT2D eigenvalue weighted by atomic mass is 10.2. The van der Waals surface area contributed by atoms with E-state index in [-0.39, 0.29) is 32.0 Å². The lowest BCUT2D eigenvalue weighted by Crippen LogP contribution is -2.41. The van der Waals surface area contributed by atoms with Crippen LogP contribution in [0.15, 0.2) is 24.3 Å². The number of hydrogen-bond acceptors (Lipinski definition) is 7. The number of halogens is 3. The van der Waals surface area contributed by atoms with Crippen LogP contribution in [0.2, 0.25) is 0 Å². The minimum atomic E-state index is -4.95. The second-order valence-corrected chi connectivity index (χ2v) is 8.15. The van der Waals surface area contributed by atoms with Gasteiger partial charge in [-0.15, -0.1) is 0 Å². The molecule has 0 bridgehead atoms. The maximum absolute atomic E-state index is 12.4. The highest BCUT2D eigenvalue weighted by atomic mass is 19.4. The normalized spacial score (nSPS) is 11.8. The first-order valence-electron chi connectivity index (χ1n) is 10.3. The number of para-hydroxylation sites is 2. The molecule has 2 amide bonds. The lowest BCUT2D eigenvalue weighted by Gasteiger charge is -2.27. The zero-order valence-electron chi connectivity index (χ0n) is 18.6. The Bertz CT molecular complexity index is 965. The SMILES string of the molecule is CC(C)(C)OC(=O)N(CCCNC(=O)C(F)(F)F)CCCNc1nc2ccccc2[n+]([O-])n1. The summed E-state index contributed by atoms with van der Waals surface area (Å²) in [5.74, 6) is -1.90. The molecule has 0 radical (unpaired) electrons. The Labute approximate surface area is 188 Å². The van der Waals surface area contributed by atoms with Crippen LogP contribution < -0.4 is 15.5 Å². The quantitative estimate of drug-likeness (QED) is 0.326. The second-order valence-electron chi connectivity index (χ2n) is 8.15. The predicted molar refractivity (Wildman–Crippen MR) is 113 cm³/mol. The van der Waals surface area contributed by atoms with E-state index in [0.29, 0.717) is 28.8 Å². The van der Waals surface area contributed by atoms with E-state index in [2.05, 4.69) is 15.4 Å². The number of hydrogen-bond donors (Lipinski definition) is 2. The van der Waals surface area contributed by atoms with Gasteiger partial charge in [0.15, 0.2) is 0 Å². The van der Waals surface area contributed by atoms with E-state index in [1.165, 1.54) is 4.90 Å². The number of amides is 2. The third-order valence-corrected chi connectivity index (χ3v) is 4.19. The molecule has 0 saturated carbocycles. The minimum Gasteiger partial charge on any atom is -0.594 e. The molecule has 2 aromatic rings. The van der Waals surface area contributed by atoms with E-state index in [0.717, 1.165) is 0 Å². The summed E-state index contributed by atoms with van der Waals surface area (Å²) in [5, 5.41) is 20.5. The van der Waals surface area contributed by atoms with Crippen molar-refractivity contribution in [2.24, 2.45) is 0 Å². The molecule has 33 heavy (non-hydrogen) atoms. The molecule has 0 saturated heterocycles. The number of anilines is 1. The van der Waals surface area contributed by atoms with Gasteiger partial charge in [-0.1, -0.05) is 12.1 Å². The summed E-state index contributed by atoms with van der Waals surface area (Å²) in [7, 11) is 0. The van der Waals surface area contributed by atoms with Crippen LogP contribution in [0, 0.1) is 5.21 Å². The van der Waals surface area contributed by atoms with Gasteiger partial charge in [0.05, 0.1) is 5.10 Å². The van der Waals surface area contributed by atoms with Crippen LogP contribution in [0.3, 0.4) is 0 Å². The Balaban J connectivity index is 1.88. The predicted octanol–water partition coefficient (Wildman–Crippen LogP) is 2.37. The van der Waals surface area contributed by atoms with E-state index >= 15 is 0 Å². The standard InChI is InChI=1S/C20H27F3N6O4/c1-19(2,3)33-18(31)28(12-6-10-24-16(30)20(21,22)23)13-7-11-25-17-26-14-8-4-5-9-15(14)29(32)27-17/h4-5,8-9H,6-7,10-13H2,1-3H3,(H,24,30)(H,25,26,27). The monoisotopic (exact) mass is 472 g/mol. The van der Waals surface area contributed by atoms with Crippen LogP contribution in [-0.2, 0) is 9.53 Å². The van der Waals surface area contributed by atoms with Crippen molar-refractivity contribution in [3.63, 3.8) is 0 Å². The van der Waals surface area contributed by atoms with Gasteiger partial charge in [0.2, 0.25) is 0 Å². The first kappa shape index (κ1) is 25.9. The van der Waals surface area contributed by atoms with Crippen LogP contribution in [0.1, 0.15) is 33.6 Å². The Morgan fingerprint density at radius 2 is 1.76 bits per heavy atom. The summed E-state index contributed by atoms with van der Waals surface area (Å²) in [6.45, 7) is 5.48. The van der Waals surface area contributed by atoms with E-state index in [4.69, 9.17) is 4.74 Å². The highest BCUT2D eigenvalue weighted by molar-refractivity contribution is 5.81. The summed E-state index contributed by atoms with van der Waals surface area (Å²) >= 11 is 0. The van der Waals surface area contributed by atoms with Crippen molar-refractivity contribution in [3.05, 3.63) is 29.5 Å². The molecule has 0 unspecified atom stereocenters. The zero-order valence-corrected chi connectivity index (χ0v) is 18.6. The molecule has 2 N–H and O–H groups in total. The summed E-state index contributed by atoms with van der Waals surface area (Å²) in [6, 6.07) is 6.72. The van der Waals surface area contributed by atoms with Crippen molar-refractivity contribution in [3.8, 4) is 0 Å². The topological polar surface area (TPSA) is 123 Å². The average Bonchev–Trinajstić information content (AvgIpc) is 2.70. The average molecular weight is 472 g/mol. The number of ether oxygens (including phenoxy) is 1. The van der Waals surface area contributed by atoms with Crippen molar-refractivity contribution in [1.29, 1.82) is 0 Å². The van der Waals surface area contributed by atoms with Gasteiger partial charge >= 0.3 is 18.2 Å². The highest BCUT2D eigenvalue weighted by Gasteiger charge is 2.38. The van der Waals surface area contributed by atoms with Gasteiger partial charge in [0, 0.05) is 32.2 Å². The molecule has 1 heterocycles. The van der Waals surface area contributed by atoms with Crippen LogP contribution in [-0.4, -0.2) is 64.9 Å². The third-order valence-electron chi connectivity index (χ3n) is 4.19. The highest BCUT2D eigenvalue weighted by Crippen LogP contribution is 2.14. The Hall–Kier alpha value is -3.38. The second kappa shape index (κ2) is 11.0. The van der Waals surface area contributed by atoms with Crippen molar-refractivity contribution in [1.82, 2.24) is 20.3 Å². The minimum absolute atomic E-state index is 0.0834. The van der Waals surface area contributed by atoms with Gasteiger partial charge in [0.25, 0.3) is 11.5 Å². The fraction of sp³-hybridized carbons (Fsp3) is 0.550. The summed E-state index contributed by atoms with van der Waals surface area (Å²) in [6.07, 6.45) is -5.05. The first-order chi connectivity index (χ1) is 15.4. The maximum Gasteiger partial charge on any atom is 0.471 e. The summed E-state index contributed by atoms with van der Waals surface area (Å²) < 4.78 is 42.2. The van der Waals surface area contributed by atoms with E-state index in [1.807, 2.05) is 0 Å². The third kappa shape index (κ3) is 8.58. The van der Waals surface area contributed by atoms with Gasteiger partial charge in [-0.05, 0) is 44.5 Å². The van der Waals surface area contributed by atoms with Gasteiger partial charge in [0.1, 0.15) is 11.1 Å². The number of rotatable bonds is 9. The van der Waals surface area contributed by atoms with Gasteiger partial charge in [-0.25, -0.2) is 9.78 Å². The number of fused-ring (bicyclic) bond motifs is 1. The van der Waals surface area contributed by atoms with Crippen LogP contribution >= 0.6 is 0 Å². The van der Waals surface area contributed by atoms with E-state index in [9.17, 15) is 28.0 Å². The van der Waals surface area contributed by atoms with Crippen LogP contribution in [0.4, 0.5) is 23.9 Å². The smallest absolute Gasteiger partial charge is 0.471 e. The van der Waals surface area contributed by atoms with Crippen molar-refractivity contribution >= 4 is 29.0 Å². The molecule has 1 aromatic carbocycles. The molecule has 1 aromatic heterocycles. The maximum atomic E-state index is 12.4. The van der Waals surface area contributed by atoms with E-state index < -0.39 is 23.8 Å². The number of nitrogens with zero attached hydrogens (tertiary/aromatic N) is 4. The number of alkyl halides is 3. The summed E-state index contributed by atoms with van der Waals surface area (Å²) in [4.78, 5) is 29.4. The Morgan fingerprint density at radius 1 is 1.12 bits per heavy atom. The van der Waals surface area contributed by atoms with Crippen molar-refractivity contribution in [2.75, 3.05) is 31.5 Å². The summed E-state index contributed by atoms with van der Waals surface area (Å²) in [5.41, 5.74) is 0.0525. The zero-order chi connectivity index (χ0) is 24.6. The molecule has 10 nitrogen and oxygen atoms in total. The fourth-order valence-corrected chi connectivity index (χ4v) is 2.73. The van der Waals surface area contributed by atoms with Crippen molar-refractivity contribution in [2.45, 2.75) is 45.4 Å². The van der Waals surface area contributed by atoms with Gasteiger partial charge in [-0.2, -0.15) is 13.2 Å². The van der Waals surface area contributed by atoms with Crippen LogP contribution in [0.25, 0.3) is 11.0 Å². The number of benzene rings is 1. The lowest BCUT2D eigenvalue weighted by molar-refractivity contribution is -0.641. The molecule has 13 heteroatoms. The molecular formula is C20H27F3N6O4. The molecule has 182 valence electrons. The molecule has 2 rings (SSSR count). The molecule has 0 aliphatic rings.